The standard InChI is InChI=1S/C21H16F4N4O2/c22-14-7-12(8-15(23)19(14)25)27-20(30)11-4-6-29(10-11)21(31)18-2-1-17(28-18)13-3-5-26-9-16(13)24/h1-3,5,7-9,11,28H,4,6,10H2,(H,27,30)/t11-/m0/s1. The fourth-order valence-electron chi connectivity index (χ4n) is 3.47. The molecule has 0 aliphatic carbocycles. The third-order valence-electron chi connectivity index (χ3n) is 5.08. The van der Waals surface area contributed by atoms with Gasteiger partial charge in [0.05, 0.1) is 12.1 Å². The summed E-state index contributed by atoms with van der Waals surface area (Å²) in [6, 6.07) is 5.95. The molecule has 2 aromatic heterocycles. The molecular weight excluding hydrogens is 416 g/mol. The normalized spacial score (nSPS) is 15.9. The molecule has 2 amide bonds. The summed E-state index contributed by atoms with van der Waals surface area (Å²) in [4.78, 5) is 33.2. The second kappa shape index (κ2) is 8.21. The van der Waals surface area contributed by atoms with Crippen molar-refractivity contribution < 1.29 is 27.2 Å². The quantitative estimate of drug-likeness (QED) is 0.487. The van der Waals surface area contributed by atoms with Crippen LogP contribution >= 0.6 is 0 Å². The number of hydrogen-bond donors (Lipinski definition) is 2. The van der Waals surface area contributed by atoms with Crippen LogP contribution in [0.1, 0.15) is 16.9 Å². The number of benzene rings is 1. The minimum absolute atomic E-state index is 0.0921. The van der Waals surface area contributed by atoms with Crippen molar-refractivity contribution >= 4 is 17.5 Å². The highest BCUT2D eigenvalue weighted by atomic mass is 19.2. The van der Waals surface area contributed by atoms with Crippen molar-refractivity contribution in [1.82, 2.24) is 14.9 Å². The number of rotatable bonds is 4. The Balaban J connectivity index is 1.41. The van der Waals surface area contributed by atoms with Gasteiger partial charge in [0.15, 0.2) is 23.3 Å². The molecule has 1 aromatic carbocycles. The van der Waals surface area contributed by atoms with E-state index < -0.39 is 35.1 Å². The van der Waals surface area contributed by atoms with E-state index >= 15 is 0 Å². The van der Waals surface area contributed by atoms with Crippen LogP contribution < -0.4 is 5.32 Å². The summed E-state index contributed by atoms with van der Waals surface area (Å²) in [6.07, 6.45) is 2.85. The highest BCUT2D eigenvalue weighted by Crippen LogP contribution is 2.25. The fourth-order valence-corrected chi connectivity index (χ4v) is 3.47. The third kappa shape index (κ3) is 4.14. The minimum Gasteiger partial charge on any atom is -0.350 e. The van der Waals surface area contributed by atoms with E-state index in [9.17, 15) is 27.2 Å². The lowest BCUT2D eigenvalue weighted by molar-refractivity contribution is -0.119. The molecule has 160 valence electrons. The first kappa shape index (κ1) is 20.6. The molecule has 31 heavy (non-hydrogen) atoms. The Kier molecular flexibility index (Phi) is 5.45. The highest BCUT2D eigenvalue weighted by Gasteiger charge is 2.32. The van der Waals surface area contributed by atoms with Crippen LogP contribution in [0.15, 0.2) is 42.7 Å². The Morgan fingerprint density at radius 1 is 1.06 bits per heavy atom. The molecule has 6 nitrogen and oxygen atoms in total. The number of carbonyl (C=O) groups is 2. The summed E-state index contributed by atoms with van der Waals surface area (Å²) < 4.78 is 53.6. The zero-order valence-electron chi connectivity index (χ0n) is 16.0. The maximum Gasteiger partial charge on any atom is 0.270 e. The van der Waals surface area contributed by atoms with Gasteiger partial charge in [-0.15, -0.1) is 0 Å². The molecule has 0 bridgehead atoms. The Hall–Kier alpha value is -3.69. The lowest BCUT2D eigenvalue weighted by atomic mass is 10.1. The molecule has 1 atom stereocenters. The van der Waals surface area contributed by atoms with Crippen LogP contribution in [0.2, 0.25) is 0 Å². The van der Waals surface area contributed by atoms with Crippen LogP contribution in [0.4, 0.5) is 23.2 Å². The molecule has 2 N–H and O–H groups in total. The fraction of sp³-hybridized carbons (Fsp3) is 0.190. The lowest BCUT2D eigenvalue weighted by Gasteiger charge is -2.16. The Labute approximate surface area is 173 Å². The van der Waals surface area contributed by atoms with Gasteiger partial charge in [-0.2, -0.15) is 0 Å². The van der Waals surface area contributed by atoms with Crippen molar-refractivity contribution in [2.75, 3.05) is 18.4 Å². The van der Waals surface area contributed by atoms with Crippen molar-refractivity contribution in [3.05, 3.63) is 71.7 Å². The van der Waals surface area contributed by atoms with Crippen LogP contribution in [-0.4, -0.2) is 39.8 Å². The molecule has 10 heteroatoms. The summed E-state index contributed by atoms with van der Waals surface area (Å²) >= 11 is 0. The average Bonchev–Trinajstić information content (AvgIpc) is 3.42. The summed E-state index contributed by atoms with van der Waals surface area (Å²) in [6.45, 7) is 0.385. The van der Waals surface area contributed by atoms with E-state index in [1.807, 2.05) is 0 Å². The van der Waals surface area contributed by atoms with Crippen molar-refractivity contribution in [3.63, 3.8) is 0 Å². The Morgan fingerprint density at radius 3 is 2.52 bits per heavy atom. The number of H-pyrrole nitrogens is 1. The van der Waals surface area contributed by atoms with Gasteiger partial charge in [0, 0.05) is 48.4 Å². The monoisotopic (exact) mass is 432 g/mol. The zero-order chi connectivity index (χ0) is 22.1. The van der Waals surface area contributed by atoms with Gasteiger partial charge in [-0.3, -0.25) is 14.6 Å². The number of aromatic nitrogens is 2. The Bertz CT molecular complexity index is 1140. The number of nitrogens with one attached hydrogen (secondary N) is 2. The maximum atomic E-state index is 13.9. The Morgan fingerprint density at radius 2 is 1.81 bits per heavy atom. The van der Waals surface area contributed by atoms with Gasteiger partial charge in [-0.25, -0.2) is 17.6 Å². The van der Waals surface area contributed by atoms with Gasteiger partial charge in [-0.1, -0.05) is 0 Å². The summed E-state index contributed by atoms with van der Waals surface area (Å²) in [5, 5.41) is 2.34. The molecule has 1 aliphatic heterocycles. The van der Waals surface area contributed by atoms with E-state index in [2.05, 4.69) is 15.3 Å². The van der Waals surface area contributed by atoms with E-state index in [4.69, 9.17) is 0 Å². The molecule has 0 unspecified atom stereocenters. The highest BCUT2D eigenvalue weighted by molar-refractivity contribution is 5.96. The topological polar surface area (TPSA) is 78.1 Å². The first-order valence-electron chi connectivity index (χ1n) is 9.37. The number of pyridine rings is 1. The van der Waals surface area contributed by atoms with Gasteiger partial charge >= 0.3 is 0 Å². The van der Waals surface area contributed by atoms with E-state index in [-0.39, 0.29) is 29.4 Å². The van der Waals surface area contributed by atoms with Crippen LogP contribution in [0, 0.1) is 29.2 Å². The average molecular weight is 432 g/mol. The van der Waals surface area contributed by atoms with E-state index in [0.717, 1.165) is 6.20 Å². The number of likely N-dealkylation sites (tertiary alicyclic amines) is 1. The lowest BCUT2D eigenvalue weighted by Crippen LogP contribution is -2.31. The maximum absolute atomic E-state index is 13.9. The molecule has 1 aliphatic rings. The van der Waals surface area contributed by atoms with Crippen LogP contribution in [0.3, 0.4) is 0 Å². The number of halogens is 4. The second-order valence-electron chi connectivity index (χ2n) is 7.12. The number of anilines is 1. The molecule has 4 rings (SSSR count). The molecular formula is C21H16F4N4O2. The molecule has 1 fully saturated rings. The smallest absolute Gasteiger partial charge is 0.270 e. The number of nitrogens with zero attached hydrogens (tertiary/aromatic N) is 2. The minimum atomic E-state index is -1.62. The van der Waals surface area contributed by atoms with Crippen molar-refractivity contribution in [1.29, 1.82) is 0 Å². The zero-order valence-corrected chi connectivity index (χ0v) is 16.0. The first-order chi connectivity index (χ1) is 14.8. The van der Waals surface area contributed by atoms with Gasteiger partial charge in [0.2, 0.25) is 5.91 Å². The van der Waals surface area contributed by atoms with Crippen LogP contribution in [-0.2, 0) is 4.79 Å². The molecule has 3 heterocycles. The van der Waals surface area contributed by atoms with Crippen LogP contribution in [0.5, 0.6) is 0 Å². The predicted molar refractivity (Wildman–Crippen MR) is 103 cm³/mol. The second-order valence-corrected chi connectivity index (χ2v) is 7.12. The van der Waals surface area contributed by atoms with Crippen molar-refractivity contribution in [2.24, 2.45) is 5.92 Å². The summed E-state index contributed by atoms with van der Waals surface area (Å²) in [7, 11) is 0. The van der Waals surface area contributed by atoms with Gasteiger partial charge < -0.3 is 15.2 Å². The third-order valence-corrected chi connectivity index (χ3v) is 5.08. The summed E-state index contributed by atoms with van der Waals surface area (Å²) in [5.74, 6) is -6.48. The van der Waals surface area contributed by atoms with Crippen molar-refractivity contribution in [2.45, 2.75) is 6.42 Å². The molecule has 0 spiro atoms. The number of hydrogen-bond acceptors (Lipinski definition) is 3. The van der Waals surface area contributed by atoms with E-state index in [0.29, 0.717) is 30.8 Å². The van der Waals surface area contributed by atoms with Gasteiger partial charge in [0.25, 0.3) is 5.91 Å². The SMILES string of the molecule is O=C(Nc1cc(F)c(F)c(F)c1)[C@H]1CCN(C(=O)c2ccc(-c3ccncc3F)[nH]2)C1. The van der Waals surface area contributed by atoms with Gasteiger partial charge in [-0.05, 0) is 24.6 Å². The van der Waals surface area contributed by atoms with Gasteiger partial charge in [0.1, 0.15) is 5.69 Å². The van der Waals surface area contributed by atoms with Crippen LogP contribution in [0.25, 0.3) is 11.3 Å². The van der Waals surface area contributed by atoms with E-state index in [1.54, 1.807) is 6.07 Å². The molecule has 0 saturated carbocycles. The number of aromatic amines is 1. The first-order valence-corrected chi connectivity index (χ1v) is 9.37. The van der Waals surface area contributed by atoms with E-state index in [1.165, 1.54) is 23.2 Å². The number of amides is 2. The largest absolute Gasteiger partial charge is 0.350 e. The molecule has 1 saturated heterocycles. The molecule has 0 radical (unpaired) electrons. The number of carbonyl (C=O) groups excluding carboxylic acids is 2. The predicted octanol–water partition coefficient (Wildman–Crippen LogP) is 3.73. The summed E-state index contributed by atoms with van der Waals surface area (Å²) in [5.41, 5.74) is 0.707. The van der Waals surface area contributed by atoms with Crippen molar-refractivity contribution in [3.8, 4) is 11.3 Å². The molecule has 3 aromatic rings.